The third-order valence-electron chi connectivity index (χ3n) is 4.25. The zero-order valence-corrected chi connectivity index (χ0v) is 13.6. The van der Waals surface area contributed by atoms with Crippen LogP contribution in [-0.4, -0.2) is 28.5 Å². The van der Waals surface area contributed by atoms with E-state index >= 15 is 0 Å². The van der Waals surface area contributed by atoms with Gasteiger partial charge in [-0.25, -0.2) is 4.79 Å². The van der Waals surface area contributed by atoms with Gasteiger partial charge in [-0.15, -0.1) is 0 Å². The minimum atomic E-state index is -0.403. The van der Waals surface area contributed by atoms with Crippen molar-refractivity contribution in [2.24, 2.45) is 0 Å². The molecule has 0 radical (unpaired) electrons. The summed E-state index contributed by atoms with van der Waals surface area (Å²) in [5, 5.41) is 1.31. The number of fused-ring (bicyclic) bond motifs is 3. The van der Waals surface area contributed by atoms with Crippen molar-refractivity contribution in [1.29, 1.82) is 0 Å². The number of hydrogen-bond acceptors (Lipinski definition) is 3. The molecule has 1 aromatic carbocycles. The summed E-state index contributed by atoms with van der Waals surface area (Å²) in [6.45, 7) is 7.75. The van der Waals surface area contributed by atoms with Gasteiger partial charge in [0.2, 0.25) is 0 Å². The van der Waals surface area contributed by atoms with E-state index in [0.717, 1.165) is 10.9 Å². The number of aryl methyl sites for hydroxylation is 1. The molecule has 1 amide bonds. The van der Waals surface area contributed by atoms with Crippen LogP contribution in [0.5, 0.6) is 0 Å². The maximum atomic E-state index is 12.8. The molecule has 0 aliphatic rings. The first-order valence-corrected chi connectivity index (χ1v) is 7.96. The van der Waals surface area contributed by atoms with Crippen LogP contribution in [0.15, 0.2) is 39.5 Å². The largest absolute Gasteiger partial charge is 0.422 e. The number of hydrogen-bond donors (Lipinski definition) is 0. The third kappa shape index (κ3) is 2.32. The minimum Gasteiger partial charge on any atom is -0.422 e. The first kappa shape index (κ1) is 15.3. The number of benzene rings is 1. The number of aromatic nitrogens is 1. The van der Waals surface area contributed by atoms with E-state index in [4.69, 9.17) is 4.42 Å². The van der Waals surface area contributed by atoms with Crippen molar-refractivity contribution in [3.05, 3.63) is 46.4 Å². The van der Waals surface area contributed by atoms with Gasteiger partial charge in [0.05, 0.1) is 10.9 Å². The Kier molecular flexibility index (Phi) is 3.94. The van der Waals surface area contributed by atoms with Gasteiger partial charge in [-0.1, -0.05) is 12.1 Å². The van der Waals surface area contributed by atoms with Crippen LogP contribution in [0.2, 0.25) is 0 Å². The highest BCUT2D eigenvalue weighted by molar-refractivity contribution is 6.07. The Bertz CT molecular complexity index is 932. The number of amides is 1. The molecule has 0 aliphatic carbocycles. The summed E-state index contributed by atoms with van der Waals surface area (Å²) in [5.41, 5.74) is 1.45. The maximum absolute atomic E-state index is 12.8. The molecule has 5 nitrogen and oxygen atoms in total. The number of para-hydroxylation sites is 1. The fraction of sp³-hybridized carbons (Fsp3) is 0.333. The first-order chi connectivity index (χ1) is 11.1. The minimum absolute atomic E-state index is 0.0588. The molecule has 0 saturated heterocycles. The van der Waals surface area contributed by atoms with Crippen molar-refractivity contribution in [2.75, 3.05) is 13.1 Å². The molecule has 120 valence electrons. The van der Waals surface area contributed by atoms with Gasteiger partial charge in [-0.3, -0.25) is 4.79 Å². The van der Waals surface area contributed by atoms with E-state index in [-0.39, 0.29) is 5.91 Å². The van der Waals surface area contributed by atoms with Crippen LogP contribution < -0.4 is 5.63 Å². The predicted octanol–water partition coefficient (Wildman–Crippen LogP) is 3.25. The fourth-order valence-corrected chi connectivity index (χ4v) is 3.08. The zero-order valence-electron chi connectivity index (χ0n) is 13.6. The number of carbonyl (C=O) groups is 1. The van der Waals surface area contributed by atoms with Gasteiger partial charge in [0, 0.05) is 25.0 Å². The lowest BCUT2D eigenvalue weighted by Gasteiger charge is -2.19. The lowest BCUT2D eigenvalue weighted by Crippen LogP contribution is -2.32. The fourth-order valence-electron chi connectivity index (χ4n) is 3.08. The number of rotatable bonds is 4. The molecule has 5 heteroatoms. The summed E-state index contributed by atoms with van der Waals surface area (Å²) >= 11 is 0. The number of carbonyl (C=O) groups excluding carboxylic acids is 1. The summed E-state index contributed by atoms with van der Waals surface area (Å²) < 4.78 is 7.30. The molecule has 23 heavy (non-hydrogen) atoms. The van der Waals surface area contributed by atoms with Crippen molar-refractivity contribution in [3.63, 3.8) is 0 Å². The van der Waals surface area contributed by atoms with Crippen molar-refractivity contribution in [3.8, 4) is 0 Å². The second kappa shape index (κ2) is 5.91. The summed E-state index contributed by atoms with van der Waals surface area (Å²) in [5.74, 6) is -0.0588. The molecule has 2 heterocycles. The number of nitrogens with zero attached hydrogens (tertiary/aromatic N) is 2. The lowest BCUT2D eigenvalue weighted by molar-refractivity contribution is 0.0763. The van der Waals surface area contributed by atoms with E-state index < -0.39 is 5.63 Å². The summed E-state index contributed by atoms with van der Waals surface area (Å²) in [4.78, 5) is 26.8. The Balaban J connectivity index is 2.38. The molecule has 0 fully saturated rings. The van der Waals surface area contributed by atoms with E-state index in [1.54, 1.807) is 17.0 Å². The van der Waals surface area contributed by atoms with E-state index in [1.165, 1.54) is 0 Å². The lowest BCUT2D eigenvalue weighted by atomic mass is 10.2. The van der Waals surface area contributed by atoms with Gasteiger partial charge in [-0.2, -0.15) is 0 Å². The highest BCUT2D eigenvalue weighted by Gasteiger charge is 2.22. The Labute approximate surface area is 134 Å². The maximum Gasteiger partial charge on any atom is 0.345 e. The molecule has 0 bridgehead atoms. The average molecular weight is 312 g/mol. The van der Waals surface area contributed by atoms with E-state index in [0.29, 0.717) is 36.3 Å². The van der Waals surface area contributed by atoms with Crippen molar-refractivity contribution < 1.29 is 9.21 Å². The molecule has 0 spiro atoms. The summed E-state index contributed by atoms with van der Waals surface area (Å²) in [6.07, 6.45) is 0. The van der Waals surface area contributed by atoms with E-state index in [2.05, 4.69) is 0 Å². The molecule has 2 aromatic heterocycles. The molecular formula is C18H20N2O3. The van der Waals surface area contributed by atoms with Gasteiger partial charge < -0.3 is 13.9 Å². The molecule has 0 N–H and O–H groups in total. The third-order valence-corrected chi connectivity index (χ3v) is 4.25. The molecule has 0 saturated carbocycles. The van der Waals surface area contributed by atoms with Gasteiger partial charge in [0.1, 0.15) is 11.3 Å². The van der Waals surface area contributed by atoms with Crippen molar-refractivity contribution in [2.45, 2.75) is 27.3 Å². The highest BCUT2D eigenvalue weighted by Crippen LogP contribution is 2.26. The van der Waals surface area contributed by atoms with E-state index in [1.807, 2.05) is 43.5 Å². The molecule has 0 atom stereocenters. The second-order valence-corrected chi connectivity index (χ2v) is 5.40. The molecule has 3 aromatic rings. The summed E-state index contributed by atoms with van der Waals surface area (Å²) in [6, 6.07) is 9.09. The van der Waals surface area contributed by atoms with Gasteiger partial charge in [0.15, 0.2) is 0 Å². The topological polar surface area (TPSA) is 55.5 Å². The summed E-state index contributed by atoms with van der Waals surface area (Å²) in [7, 11) is 0. The zero-order chi connectivity index (χ0) is 16.6. The van der Waals surface area contributed by atoms with Gasteiger partial charge >= 0.3 is 5.63 Å². The van der Waals surface area contributed by atoms with Crippen LogP contribution in [0.1, 0.15) is 31.3 Å². The van der Waals surface area contributed by atoms with Crippen molar-refractivity contribution in [1.82, 2.24) is 9.47 Å². The highest BCUT2D eigenvalue weighted by atomic mass is 16.4. The second-order valence-electron chi connectivity index (χ2n) is 5.40. The van der Waals surface area contributed by atoms with E-state index in [9.17, 15) is 9.59 Å². The smallest absolute Gasteiger partial charge is 0.345 e. The molecular weight excluding hydrogens is 292 g/mol. The van der Waals surface area contributed by atoms with Crippen molar-refractivity contribution >= 4 is 27.8 Å². The molecule has 3 rings (SSSR count). The van der Waals surface area contributed by atoms with Crippen LogP contribution in [-0.2, 0) is 6.54 Å². The van der Waals surface area contributed by atoms with Gasteiger partial charge in [-0.05, 0) is 39.0 Å². The quantitative estimate of drug-likeness (QED) is 0.695. The Morgan fingerprint density at radius 2 is 1.83 bits per heavy atom. The average Bonchev–Trinajstić information content (AvgIpc) is 2.96. The van der Waals surface area contributed by atoms with Crippen LogP contribution in [0.4, 0.5) is 0 Å². The molecule has 0 unspecified atom stereocenters. The first-order valence-electron chi connectivity index (χ1n) is 7.96. The Hall–Kier alpha value is -2.56. The van der Waals surface area contributed by atoms with Crippen LogP contribution in [0.25, 0.3) is 21.9 Å². The van der Waals surface area contributed by atoms with Crippen LogP contribution in [0, 0.1) is 0 Å². The van der Waals surface area contributed by atoms with Gasteiger partial charge in [0.25, 0.3) is 5.91 Å². The monoisotopic (exact) mass is 312 g/mol. The Morgan fingerprint density at radius 3 is 2.48 bits per heavy atom. The predicted molar refractivity (Wildman–Crippen MR) is 90.9 cm³/mol. The Morgan fingerprint density at radius 1 is 1.13 bits per heavy atom. The van der Waals surface area contributed by atoms with Crippen LogP contribution in [0.3, 0.4) is 0 Å². The standard InChI is InChI=1S/C18H20N2O3/c1-4-19(5-2)17(21)14-11-13-16(20(14)6-3)12-9-7-8-10-15(12)23-18(13)22/h7-11H,4-6H2,1-3H3. The van der Waals surface area contributed by atoms with Crippen LogP contribution >= 0.6 is 0 Å². The SMILES string of the molecule is CCN(CC)C(=O)c1cc2c(=O)oc3ccccc3c2n1CC. The molecule has 0 aliphatic heterocycles. The normalized spacial score (nSPS) is 11.3.